The number of hydrogen-bond acceptors (Lipinski definition) is 1. The van der Waals surface area contributed by atoms with Gasteiger partial charge in [-0.2, -0.15) is 0 Å². The fourth-order valence-electron chi connectivity index (χ4n) is 2.44. The molecule has 106 valence electrons. The van der Waals surface area contributed by atoms with Crippen LogP contribution in [0.4, 0.5) is 5.69 Å². The third-order valence-corrected chi connectivity index (χ3v) is 4.02. The molecule has 0 saturated heterocycles. The van der Waals surface area contributed by atoms with Crippen LogP contribution >= 0.6 is 15.9 Å². The lowest BCUT2D eigenvalue weighted by Crippen LogP contribution is -2.13. The molecule has 0 spiro atoms. The van der Waals surface area contributed by atoms with Crippen LogP contribution in [-0.4, -0.2) is 10.9 Å². The molecule has 3 rings (SSSR count). The van der Waals surface area contributed by atoms with E-state index < -0.39 is 0 Å². The Morgan fingerprint density at radius 1 is 1.24 bits per heavy atom. The Kier molecular flexibility index (Phi) is 3.80. The number of carbonyl (C=O) groups is 1. The van der Waals surface area contributed by atoms with Gasteiger partial charge in [0.05, 0.1) is 11.1 Å². The highest BCUT2D eigenvalue weighted by Crippen LogP contribution is 2.23. The Hall–Kier alpha value is -2.07. The van der Waals surface area contributed by atoms with Crippen molar-refractivity contribution in [2.75, 3.05) is 5.32 Å². The van der Waals surface area contributed by atoms with E-state index in [0.29, 0.717) is 5.56 Å². The number of anilines is 1. The van der Waals surface area contributed by atoms with E-state index in [1.807, 2.05) is 48.7 Å². The average Bonchev–Trinajstić information content (AvgIpc) is 2.97. The smallest absolute Gasteiger partial charge is 0.257 e. The molecular formula is C17H15BrN2O. The minimum Gasteiger partial charge on any atom is -0.361 e. The maximum absolute atomic E-state index is 12.5. The molecule has 0 radical (unpaired) electrons. The first-order valence-corrected chi connectivity index (χ1v) is 7.64. The van der Waals surface area contributed by atoms with Gasteiger partial charge in [-0.15, -0.1) is 0 Å². The molecule has 0 aliphatic heterocycles. The van der Waals surface area contributed by atoms with Crippen LogP contribution in [0.5, 0.6) is 0 Å². The molecule has 1 aromatic heterocycles. The third-order valence-electron chi connectivity index (χ3n) is 3.53. The van der Waals surface area contributed by atoms with Crippen LogP contribution < -0.4 is 5.32 Å². The molecule has 0 aliphatic carbocycles. The van der Waals surface area contributed by atoms with Crippen molar-refractivity contribution >= 4 is 38.4 Å². The number of benzene rings is 2. The molecule has 3 nitrogen and oxygen atoms in total. The Morgan fingerprint density at radius 3 is 2.90 bits per heavy atom. The number of halogens is 1. The van der Waals surface area contributed by atoms with E-state index in [1.54, 1.807) is 0 Å². The van der Waals surface area contributed by atoms with Crippen molar-refractivity contribution in [3.8, 4) is 0 Å². The Balaban J connectivity index is 1.95. The van der Waals surface area contributed by atoms with Crippen LogP contribution in [0.3, 0.4) is 0 Å². The predicted molar refractivity (Wildman–Crippen MR) is 89.8 cm³/mol. The Labute approximate surface area is 131 Å². The molecule has 21 heavy (non-hydrogen) atoms. The van der Waals surface area contributed by atoms with E-state index in [2.05, 4.69) is 33.2 Å². The zero-order valence-corrected chi connectivity index (χ0v) is 13.2. The van der Waals surface area contributed by atoms with E-state index in [-0.39, 0.29) is 5.91 Å². The van der Waals surface area contributed by atoms with Crippen molar-refractivity contribution in [3.63, 3.8) is 0 Å². The van der Waals surface area contributed by atoms with E-state index in [1.165, 1.54) is 0 Å². The summed E-state index contributed by atoms with van der Waals surface area (Å²) in [5.74, 6) is -0.0972. The lowest BCUT2D eigenvalue weighted by molar-refractivity contribution is 0.102. The molecule has 0 fully saturated rings. The van der Waals surface area contributed by atoms with Gasteiger partial charge in [-0.1, -0.05) is 35.0 Å². The normalized spacial score (nSPS) is 10.8. The zero-order valence-electron chi connectivity index (χ0n) is 11.6. The van der Waals surface area contributed by atoms with Crippen LogP contribution in [0.2, 0.25) is 0 Å². The van der Waals surface area contributed by atoms with Gasteiger partial charge in [0.2, 0.25) is 0 Å². The summed E-state index contributed by atoms with van der Waals surface area (Å²) in [5.41, 5.74) is 3.48. The summed E-state index contributed by atoms with van der Waals surface area (Å²) in [4.78, 5) is 15.7. The first-order valence-electron chi connectivity index (χ1n) is 6.85. The summed E-state index contributed by atoms with van der Waals surface area (Å²) in [6.45, 7) is 2.07. The minimum absolute atomic E-state index is 0.0972. The van der Waals surface area contributed by atoms with Crippen molar-refractivity contribution in [2.45, 2.75) is 13.3 Å². The van der Waals surface area contributed by atoms with Crippen molar-refractivity contribution in [3.05, 3.63) is 64.3 Å². The lowest BCUT2D eigenvalue weighted by atomic mass is 10.1. The first kappa shape index (κ1) is 13.9. The number of fused-ring (bicyclic) bond motifs is 1. The summed E-state index contributed by atoms with van der Waals surface area (Å²) >= 11 is 3.46. The highest BCUT2D eigenvalue weighted by atomic mass is 79.9. The van der Waals surface area contributed by atoms with E-state index in [4.69, 9.17) is 0 Å². The maximum atomic E-state index is 12.5. The number of aromatic amines is 1. The fraction of sp³-hybridized carbons (Fsp3) is 0.118. The number of nitrogens with one attached hydrogen (secondary N) is 2. The highest BCUT2D eigenvalue weighted by molar-refractivity contribution is 9.10. The Morgan fingerprint density at radius 2 is 2.10 bits per heavy atom. The molecule has 1 heterocycles. The van der Waals surface area contributed by atoms with Crippen molar-refractivity contribution in [1.82, 2.24) is 4.98 Å². The first-order chi connectivity index (χ1) is 10.2. The summed E-state index contributed by atoms with van der Waals surface area (Å²) in [7, 11) is 0. The van der Waals surface area contributed by atoms with Crippen LogP contribution in [0.15, 0.2) is 53.1 Å². The lowest BCUT2D eigenvalue weighted by Gasteiger charge is -2.11. The largest absolute Gasteiger partial charge is 0.361 e. The SMILES string of the molecule is CCc1cc(Br)ccc1NC(=O)c1cccc2cc[nH]c12. The summed E-state index contributed by atoms with van der Waals surface area (Å²) in [5, 5.41) is 4.04. The monoisotopic (exact) mass is 342 g/mol. The zero-order chi connectivity index (χ0) is 14.8. The standard InChI is InChI=1S/C17H15BrN2O/c1-2-11-10-13(18)6-7-15(11)20-17(21)14-5-3-4-12-8-9-19-16(12)14/h3-10,19H,2H2,1H3,(H,20,21). The molecule has 0 aliphatic rings. The quantitative estimate of drug-likeness (QED) is 0.709. The average molecular weight is 343 g/mol. The second kappa shape index (κ2) is 5.74. The van der Waals surface area contributed by atoms with Gasteiger partial charge in [0.15, 0.2) is 0 Å². The topological polar surface area (TPSA) is 44.9 Å². The van der Waals surface area contributed by atoms with E-state index in [0.717, 1.165) is 33.0 Å². The van der Waals surface area contributed by atoms with Gasteiger partial charge < -0.3 is 10.3 Å². The molecule has 3 aromatic rings. The number of rotatable bonds is 3. The van der Waals surface area contributed by atoms with Crippen molar-refractivity contribution in [1.29, 1.82) is 0 Å². The van der Waals surface area contributed by atoms with Gasteiger partial charge in [-0.05, 0) is 42.3 Å². The summed E-state index contributed by atoms with van der Waals surface area (Å²) in [6, 6.07) is 13.6. The molecule has 0 saturated carbocycles. The van der Waals surface area contributed by atoms with Gasteiger partial charge in [0.25, 0.3) is 5.91 Å². The van der Waals surface area contributed by atoms with Crippen LogP contribution in [-0.2, 0) is 6.42 Å². The number of para-hydroxylation sites is 1. The molecule has 2 N–H and O–H groups in total. The molecule has 2 aromatic carbocycles. The molecule has 1 amide bonds. The molecule has 4 heteroatoms. The Bertz CT molecular complexity index is 807. The summed E-state index contributed by atoms with van der Waals surface area (Å²) < 4.78 is 1.02. The molecule has 0 unspecified atom stereocenters. The predicted octanol–water partition coefficient (Wildman–Crippen LogP) is 4.75. The molecular weight excluding hydrogens is 328 g/mol. The number of aromatic nitrogens is 1. The number of carbonyl (C=O) groups excluding carboxylic acids is 1. The number of H-pyrrole nitrogens is 1. The molecule has 0 bridgehead atoms. The van der Waals surface area contributed by atoms with Gasteiger partial charge in [0.1, 0.15) is 0 Å². The highest BCUT2D eigenvalue weighted by Gasteiger charge is 2.12. The van der Waals surface area contributed by atoms with Gasteiger partial charge in [-0.3, -0.25) is 4.79 Å². The van der Waals surface area contributed by atoms with E-state index >= 15 is 0 Å². The minimum atomic E-state index is -0.0972. The van der Waals surface area contributed by atoms with Gasteiger partial charge in [-0.25, -0.2) is 0 Å². The summed E-state index contributed by atoms with van der Waals surface area (Å²) in [6.07, 6.45) is 2.71. The molecule has 0 atom stereocenters. The third kappa shape index (κ3) is 2.72. The maximum Gasteiger partial charge on any atom is 0.257 e. The van der Waals surface area contributed by atoms with E-state index in [9.17, 15) is 4.79 Å². The number of aryl methyl sites for hydroxylation is 1. The second-order valence-corrected chi connectivity index (χ2v) is 5.77. The van der Waals surface area contributed by atoms with Crippen LogP contribution in [0.1, 0.15) is 22.8 Å². The number of hydrogen-bond donors (Lipinski definition) is 2. The number of amides is 1. The fourth-order valence-corrected chi connectivity index (χ4v) is 2.85. The van der Waals surface area contributed by atoms with Crippen molar-refractivity contribution in [2.24, 2.45) is 0 Å². The van der Waals surface area contributed by atoms with Gasteiger partial charge >= 0.3 is 0 Å². The van der Waals surface area contributed by atoms with Gasteiger partial charge in [0, 0.05) is 21.7 Å². The van der Waals surface area contributed by atoms with Crippen molar-refractivity contribution < 1.29 is 4.79 Å². The van der Waals surface area contributed by atoms with Crippen LogP contribution in [0.25, 0.3) is 10.9 Å². The van der Waals surface area contributed by atoms with Crippen LogP contribution in [0, 0.1) is 0 Å². The second-order valence-electron chi connectivity index (χ2n) is 4.86.